The Morgan fingerprint density at radius 2 is 1.85 bits per heavy atom. The first kappa shape index (κ1) is 36.3. The summed E-state index contributed by atoms with van der Waals surface area (Å²) in [6.07, 6.45) is 6.19. The van der Waals surface area contributed by atoms with Crippen molar-refractivity contribution >= 4 is 39.9 Å². The Bertz CT molecular complexity index is 1670. The second kappa shape index (κ2) is 18.7. The highest BCUT2D eigenvalue weighted by Crippen LogP contribution is 2.29. The van der Waals surface area contributed by atoms with Crippen LogP contribution in [0.3, 0.4) is 0 Å². The summed E-state index contributed by atoms with van der Waals surface area (Å²) in [5.41, 5.74) is 9.71. The van der Waals surface area contributed by atoms with Gasteiger partial charge in [-0.3, -0.25) is 0 Å². The smallest absolute Gasteiger partial charge is 0.373 e. The molecule has 3 heterocycles. The Morgan fingerprint density at radius 1 is 1.08 bits per heavy atom. The van der Waals surface area contributed by atoms with E-state index in [-0.39, 0.29) is 17.9 Å². The van der Waals surface area contributed by atoms with E-state index in [0.717, 1.165) is 66.8 Å². The van der Waals surface area contributed by atoms with Gasteiger partial charge in [0.1, 0.15) is 11.3 Å². The number of urea groups is 1. The maximum absolute atomic E-state index is 14.2. The van der Waals surface area contributed by atoms with Crippen molar-refractivity contribution in [1.29, 1.82) is 0 Å². The number of unbranched alkanes of at least 4 members (excludes halogenated alkanes) is 1. The molecule has 2 amide bonds. The number of anilines is 1. The number of benzene rings is 2. The Labute approximate surface area is 280 Å². The highest BCUT2D eigenvalue weighted by molar-refractivity contribution is 6.06. The molecule has 258 valence electrons. The number of hydrogen-bond acceptors (Lipinski definition) is 9. The van der Waals surface area contributed by atoms with Crippen LogP contribution in [0.2, 0.25) is 0 Å². The molecule has 0 atom stereocenters. The van der Waals surface area contributed by atoms with E-state index in [4.69, 9.17) is 29.8 Å². The van der Waals surface area contributed by atoms with Crippen molar-refractivity contribution in [1.82, 2.24) is 29.7 Å². The number of nitrogens with two attached hydrogens (primary N) is 1. The molecule has 2 aromatic carbocycles. The van der Waals surface area contributed by atoms with Crippen LogP contribution >= 0.6 is 0 Å². The summed E-state index contributed by atoms with van der Waals surface area (Å²) in [6, 6.07) is 12.7. The fourth-order valence-electron chi connectivity index (χ4n) is 6.06. The van der Waals surface area contributed by atoms with Gasteiger partial charge in [0.15, 0.2) is 17.4 Å². The fourth-order valence-corrected chi connectivity index (χ4v) is 6.06. The van der Waals surface area contributed by atoms with Crippen molar-refractivity contribution in [2.45, 2.75) is 58.5 Å². The lowest BCUT2D eigenvalue weighted by molar-refractivity contribution is -0.191. The van der Waals surface area contributed by atoms with Crippen molar-refractivity contribution in [3.8, 4) is 5.75 Å². The lowest BCUT2D eigenvalue weighted by Crippen LogP contribution is -2.44. The van der Waals surface area contributed by atoms with Gasteiger partial charge in [-0.1, -0.05) is 30.7 Å². The number of hydrogen-bond donors (Lipinski definition) is 2. The van der Waals surface area contributed by atoms with Crippen molar-refractivity contribution in [2.24, 2.45) is 0 Å². The molecule has 0 bridgehead atoms. The van der Waals surface area contributed by atoms with E-state index >= 15 is 0 Å². The van der Waals surface area contributed by atoms with Gasteiger partial charge >= 0.3 is 12.2 Å². The number of halogens is 1. The minimum absolute atomic E-state index is 0.118. The standard InChI is InChI=1S/C34H46FN7O3.CO2/c1-3-45-29-23-25(13-14-27(29)35)24-41(21-20-40-17-8-4-9-18-40)34(43)37-16-7-10-19-42-30(15-22-44-2)39-31-32(42)26-11-5-6-12-28(26)38-33(31)36;2-1-3/h5-6,11-14,23H,3-4,7-10,15-22,24H2,1-2H3,(H2,36,38)(H,37,43);. The lowest BCUT2D eigenvalue weighted by atomic mass is 10.1. The number of amides is 2. The van der Waals surface area contributed by atoms with Gasteiger partial charge in [0.25, 0.3) is 0 Å². The molecule has 1 aliphatic heterocycles. The van der Waals surface area contributed by atoms with E-state index in [1.54, 1.807) is 19.2 Å². The van der Waals surface area contributed by atoms with E-state index in [1.165, 1.54) is 25.3 Å². The van der Waals surface area contributed by atoms with Crippen LogP contribution in [-0.4, -0.2) is 89.6 Å². The monoisotopic (exact) mass is 663 g/mol. The van der Waals surface area contributed by atoms with Crippen LogP contribution in [0.4, 0.5) is 15.0 Å². The first-order valence-corrected chi connectivity index (χ1v) is 16.6. The van der Waals surface area contributed by atoms with E-state index in [9.17, 15) is 9.18 Å². The summed E-state index contributed by atoms with van der Waals surface area (Å²) in [7, 11) is 1.69. The number of nitrogens with one attached hydrogen (secondary N) is 1. The topological polar surface area (TPSA) is 145 Å². The van der Waals surface area contributed by atoms with Gasteiger partial charge in [-0.25, -0.2) is 19.2 Å². The SMILES string of the molecule is CCOc1cc(CN(CCN2CCCCC2)C(=O)NCCCCn2c(CCOC)nc3c(N)nc4ccccc4c32)ccc1F.O=C=O. The summed E-state index contributed by atoms with van der Waals surface area (Å²) >= 11 is 0. The van der Waals surface area contributed by atoms with E-state index in [0.29, 0.717) is 50.6 Å². The maximum atomic E-state index is 14.2. The Morgan fingerprint density at radius 3 is 2.60 bits per heavy atom. The van der Waals surface area contributed by atoms with Crippen LogP contribution in [0.5, 0.6) is 5.75 Å². The molecule has 13 heteroatoms. The number of nitrogens with zero attached hydrogens (tertiary/aromatic N) is 5. The number of aromatic nitrogens is 3. The average Bonchev–Trinajstić information content (AvgIpc) is 3.46. The number of rotatable bonds is 15. The maximum Gasteiger partial charge on any atom is 0.373 e. The highest BCUT2D eigenvalue weighted by Gasteiger charge is 2.19. The molecule has 48 heavy (non-hydrogen) atoms. The van der Waals surface area contributed by atoms with Gasteiger partial charge in [-0.15, -0.1) is 0 Å². The van der Waals surface area contributed by atoms with Crippen LogP contribution in [0.1, 0.15) is 50.4 Å². The third-order valence-electron chi connectivity index (χ3n) is 8.39. The number of likely N-dealkylation sites (tertiary alicyclic amines) is 1. The molecule has 0 saturated carbocycles. The fraction of sp³-hybridized carbons (Fsp3) is 0.486. The number of para-hydroxylation sites is 1. The number of carbonyl (C=O) groups excluding carboxylic acids is 3. The molecule has 12 nitrogen and oxygen atoms in total. The molecular weight excluding hydrogens is 617 g/mol. The van der Waals surface area contributed by atoms with Crippen molar-refractivity contribution < 1.29 is 28.2 Å². The Kier molecular flexibility index (Phi) is 14.1. The number of nitrogen functional groups attached to an aromatic ring is 1. The zero-order chi connectivity index (χ0) is 34.3. The molecule has 0 aliphatic carbocycles. The van der Waals surface area contributed by atoms with Crippen molar-refractivity contribution in [3.63, 3.8) is 0 Å². The summed E-state index contributed by atoms with van der Waals surface area (Å²) in [5, 5.41) is 4.15. The van der Waals surface area contributed by atoms with Crippen LogP contribution in [0.25, 0.3) is 21.9 Å². The quantitative estimate of drug-likeness (QED) is 0.172. The van der Waals surface area contributed by atoms with E-state index < -0.39 is 5.82 Å². The van der Waals surface area contributed by atoms with Gasteiger partial charge in [0.2, 0.25) is 0 Å². The average molecular weight is 664 g/mol. The summed E-state index contributed by atoms with van der Waals surface area (Å²) < 4.78 is 27.2. The highest BCUT2D eigenvalue weighted by atomic mass is 19.1. The molecule has 0 spiro atoms. The van der Waals surface area contributed by atoms with Crippen LogP contribution in [-0.2, 0) is 33.8 Å². The number of pyridine rings is 1. The minimum atomic E-state index is -0.395. The molecule has 5 rings (SSSR count). The normalized spacial score (nSPS) is 13.1. The number of methoxy groups -OCH3 is 1. The van der Waals surface area contributed by atoms with Crippen molar-refractivity contribution in [3.05, 3.63) is 59.7 Å². The van der Waals surface area contributed by atoms with E-state index in [2.05, 4.69) is 25.8 Å². The van der Waals surface area contributed by atoms with E-state index in [1.807, 2.05) is 30.0 Å². The third-order valence-corrected chi connectivity index (χ3v) is 8.39. The molecule has 0 radical (unpaired) electrons. The molecule has 1 aliphatic rings. The van der Waals surface area contributed by atoms with Gasteiger partial charge in [0, 0.05) is 51.6 Å². The van der Waals surface area contributed by atoms with Crippen LogP contribution in [0.15, 0.2) is 42.5 Å². The zero-order valence-corrected chi connectivity index (χ0v) is 27.9. The van der Waals surface area contributed by atoms with Gasteiger partial charge in [-0.05, 0) is 69.5 Å². The first-order chi connectivity index (χ1) is 23.4. The Balaban J connectivity index is 0.00000167. The molecule has 3 N–H and O–H groups in total. The molecular formula is C35H46FN7O5. The second-order valence-corrected chi connectivity index (χ2v) is 11.7. The summed E-state index contributed by atoms with van der Waals surface area (Å²) in [4.78, 5) is 43.4. The largest absolute Gasteiger partial charge is 0.491 e. The molecule has 1 saturated heterocycles. The summed E-state index contributed by atoms with van der Waals surface area (Å²) in [5.74, 6) is 1.16. The Hall–Kier alpha value is -4.58. The van der Waals surface area contributed by atoms with Crippen LogP contribution in [0, 0.1) is 5.82 Å². The number of fused-ring (bicyclic) bond motifs is 3. The number of carbonyl (C=O) groups is 1. The zero-order valence-electron chi connectivity index (χ0n) is 27.9. The minimum Gasteiger partial charge on any atom is -0.491 e. The first-order valence-electron chi connectivity index (χ1n) is 16.6. The number of imidazole rings is 1. The van der Waals surface area contributed by atoms with Gasteiger partial charge in [0.05, 0.1) is 24.2 Å². The van der Waals surface area contributed by atoms with Gasteiger partial charge in [-0.2, -0.15) is 9.59 Å². The van der Waals surface area contributed by atoms with Crippen LogP contribution < -0.4 is 15.8 Å². The number of aryl methyl sites for hydroxylation is 1. The predicted molar refractivity (Wildman–Crippen MR) is 181 cm³/mol. The molecule has 1 fully saturated rings. The number of ether oxygens (including phenoxy) is 2. The summed E-state index contributed by atoms with van der Waals surface area (Å²) in [6.45, 7) is 7.95. The lowest BCUT2D eigenvalue weighted by Gasteiger charge is -2.30. The molecule has 0 unspecified atom stereocenters. The van der Waals surface area contributed by atoms with Crippen molar-refractivity contribution in [2.75, 3.05) is 58.8 Å². The second-order valence-electron chi connectivity index (χ2n) is 11.7. The molecule has 2 aromatic heterocycles. The number of piperidine rings is 1. The molecule has 4 aromatic rings. The third kappa shape index (κ3) is 9.72. The predicted octanol–water partition coefficient (Wildman–Crippen LogP) is 4.79. The van der Waals surface area contributed by atoms with Gasteiger partial charge < -0.3 is 34.9 Å².